The van der Waals surface area contributed by atoms with E-state index >= 15 is 0 Å². The highest BCUT2D eigenvalue weighted by atomic mass is 16.5. The molecule has 4 aromatic rings. The fraction of sp³-hybridized carbons (Fsp3) is 0.0952. The Morgan fingerprint density at radius 2 is 1.68 bits per heavy atom. The smallest absolute Gasteiger partial charge is 0.343 e. The number of hydrogen-bond acceptors (Lipinski definition) is 4. The van der Waals surface area contributed by atoms with E-state index in [2.05, 4.69) is 0 Å². The van der Waals surface area contributed by atoms with Gasteiger partial charge in [0.1, 0.15) is 5.75 Å². The van der Waals surface area contributed by atoms with Crippen molar-refractivity contribution in [2.24, 2.45) is 0 Å². The van der Waals surface area contributed by atoms with Crippen LogP contribution in [0.3, 0.4) is 0 Å². The average Bonchev–Trinajstić information content (AvgIpc) is 2.65. The summed E-state index contributed by atoms with van der Waals surface area (Å²) in [6.07, 6.45) is 0.294. The number of fused-ring (bicyclic) bond motifs is 2. The summed E-state index contributed by atoms with van der Waals surface area (Å²) >= 11 is 0. The first kappa shape index (κ1) is 15.3. The molecular weight excluding hydrogens is 316 g/mol. The lowest BCUT2D eigenvalue weighted by Crippen LogP contribution is -2.09. The third-order valence-electron chi connectivity index (χ3n) is 4.43. The Balaban J connectivity index is 1.91. The third-order valence-corrected chi connectivity index (χ3v) is 4.43. The van der Waals surface area contributed by atoms with Gasteiger partial charge < -0.3 is 14.3 Å². The predicted octanol–water partition coefficient (Wildman–Crippen LogP) is 4.25. The monoisotopic (exact) mass is 332 g/mol. The van der Waals surface area contributed by atoms with Gasteiger partial charge in [0.05, 0.1) is 18.1 Å². The average molecular weight is 332 g/mol. The minimum Gasteiger partial charge on any atom is -0.507 e. The lowest BCUT2D eigenvalue weighted by molar-refractivity contribution is 0.403. The highest BCUT2D eigenvalue weighted by molar-refractivity contribution is 5.89. The van der Waals surface area contributed by atoms with E-state index in [1.54, 1.807) is 18.2 Å². The zero-order chi connectivity index (χ0) is 17.4. The molecule has 4 nitrogen and oxygen atoms in total. The SMILES string of the molecule is COc1cccc2c(O)c(Cc3cccc4ccccc34)c(=O)oc12. The minimum absolute atomic E-state index is 0.0573. The fourth-order valence-corrected chi connectivity index (χ4v) is 3.17. The maximum absolute atomic E-state index is 12.5. The molecule has 0 saturated heterocycles. The maximum atomic E-state index is 12.5. The van der Waals surface area contributed by atoms with E-state index in [4.69, 9.17) is 9.15 Å². The van der Waals surface area contributed by atoms with Gasteiger partial charge in [0.25, 0.3) is 0 Å². The first-order valence-electron chi connectivity index (χ1n) is 7.97. The zero-order valence-corrected chi connectivity index (χ0v) is 13.7. The molecule has 1 N–H and O–H groups in total. The van der Waals surface area contributed by atoms with E-state index < -0.39 is 5.63 Å². The molecule has 4 rings (SSSR count). The Labute approximate surface area is 143 Å². The lowest BCUT2D eigenvalue weighted by atomic mass is 9.98. The molecule has 0 radical (unpaired) electrons. The number of methoxy groups -OCH3 is 1. The Bertz CT molecular complexity index is 1140. The number of benzene rings is 3. The van der Waals surface area contributed by atoms with Crippen molar-refractivity contribution < 1.29 is 14.3 Å². The Hall–Kier alpha value is -3.27. The van der Waals surface area contributed by atoms with Crippen LogP contribution in [0, 0.1) is 0 Å². The standard InChI is InChI=1S/C21H16O4/c1-24-18-11-5-10-16-19(22)17(21(23)25-20(16)18)12-14-8-4-7-13-6-2-3-9-15(13)14/h2-11,22H,12H2,1H3. The molecule has 0 spiro atoms. The van der Waals surface area contributed by atoms with E-state index in [9.17, 15) is 9.90 Å². The van der Waals surface area contributed by atoms with Crippen molar-refractivity contribution in [1.29, 1.82) is 0 Å². The van der Waals surface area contributed by atoms with Crippen LogP contribution in [0.1, 0.15) is 11.1 Å². The van der Waals surface area contributed by atoms with Crippen molar-refractivity contribution in [3.63, 3.8) is 0 Å². The second kappa shape index (κ2) is 5.98. The van der Waals surface area contributed by atoms with Gasteiger partial charge in [-0.25, -0.2) is 4.79 Å². The normalized spacial score (nSPS) is 11.1. The van der Waals surface area contributed by atoms with Gasteiger partial charge in [-0.1, -0.05) is 48.5 Å². The molecule has 0 atom stereocenters. The van der Waals surface area contributed by atoms with E-state index in [-0.39, 0.29) is 16.9 Å². The summed E-state index contributed by atoms with van der Waals surface area (Å²) in [4.78, 5) is 12.5. The van der Waals surface area contributed by atoms with Gasteiger partial charge in [0.2, 0.25) is 0 Å². The molecule has 124 valence electrons. The van der Waals surface area contributed by atoms with Crippen LogP contribution in [-0.2, 0) is 6.42 Å². The van der Waals surface area contributed by atoms with Crippen LogP contribution in [0.25, 0.3) is 21.7 Å². The van der Waals surface area contributed by atoms with Crippen LogP contribution in [0.2, 0.25) is 0 Å². The number of hydrogen-bond donors (Lipinski definition) is 1. The molecule has 0 aliphatic rings. The molecule has 1 heterocycles. The molecule has 0 fully saturated rings. The second-order valence-electron chi connectivity index (χ2n) is 5.87. The van der Waals surface area contributed by atoms with Gasteiger partial charge in [0.15, 0.2) is 11.3 Å². The quantitative estimate of drug-likeness (QED) is 0.570. The summed E-state index contributed by atoms with van der Waals surface area (Å²) in [5, 5.41) is 13.3. The molecule has 0 unspecified atom stereocenters. The van der Waals surface area contributed by atoms with Crippen molar-refractivity contribution in [2.75, 3.05) is 7.11 Å². The Kier molecular flexibility index (Phi) is 3.65. The number of para-hydroxylation sites is 1. The molecule has 3 aromatic carbocycles. The van der Waals surface area contributed by atoms with E-state index in [1.165, 1.54) is 7.11 Å². The third kappa shape index (κ3) is 2.52. The predicted molar refractivity (Wildman–Crippen MR) is 97.5 cm³/mol. The molecule has 0 bridgehead atoms. The van der Waals surface area contributed by atoms with Crippen molar-refractivity contribution in [2.45, 2.75) is 6.42 Å². The Morgan fingerprint density at radius 1 is 0.960 bits per heavy atom. The molecule has 0 saturated carbocycles. The van der Waals surface area contributed by atoms with Crippen LogP contribution in [0.5, 0.6) is 11.5 Å². The number of rotatable bonds is 3. The van der Waals surface area contributed by atoms with Gasteiger partial charge in [-0.3, -0.25) is 0 Å². The first-order chi connectivity index (χ1) is 12.2. The summed E-state index contributed by atoms with van der Waals surface area (Å²) in [5.74, 6) is 0.361. The molecule has 4 heteroatoms. The molecule has 0 amide bonds. The topological polar surface area (TPSA) is 59.7 Å². The highest BCUT2D eigenvalue weighted by Gasteiger charge is 2.17. The van der Waals surface area contributed by atoms with Crippen molar-refractivity contribution in [3.05, 3.63) is 82.2 Å². The molecule has 0 aliphatic heterocycles. The van der Waals surface area contributed by atoms with Crippen LogP contribution >= 0.6 is 0 Å². The van der Waals surface area contributed by atoms with Crippen LogP contribution < -0.4 is 10.4 Å². The number of ether oxygens (including phenoxy) is 1. The summed E-state index contributed by atoms with van der Waals surface area (Å²) in [5.41, 5.74) is 0.914. The van der Waals surface area contributed by atoms with Crippen molar-refractivity contribution in [1.82, 2.24) is 0 Å². The number of aromatic hydroxyl groups is 1. The highest BCUT2D eigenvalue weighted by Crippen LogP contribution is 2.33. The largest absolute Gasteiger partial charge is 0.507 e. The molecule has 1 aromatic heterocycles. The van der Waals surface area contributed by atoms with Gasteiger partial charge >= 0.3 is 5.63 Å². The minimum atomic E-state index is -0.553. The summed E-state index contributed by atoms with van der Waals surface area (Å²) in [6, 6.07) is 19.0. The molecule has 25 heavy (non-hydrogen) atoms. The summed E-state index contributed by atoms with van der Waals surface area (Å²) in [7, 11) is 1.50. The van der Waals surface area contributed by atoms with Crippen molar-refractivity contribution >= 4 is 21.7 Å². The lowest BCUT2D eigenvalue weighted by Gasteiger charge is -2.10. The van der Waals surface area contributed by atoms with Crippen LogP contribution in [0.15, 0.2) is 69.9 Å². The first-order valence-corrected chi connectivity index (χ1v) is 7.97. The fourth-order valence-electron chi connectivity index (χ4n) is 3.17. The van der Waals surface area contributed by atoms with Gasteiger partial charge in [-0.15, -0.1) is 0 Å². The Morgan fingerprint density at radius 3 is 2.52 bits per heavy atom. The summed E-state index contributed by atoms with van der Waals surface area (Å²) < 4.78 is 10.6. The van der Waals surface area contributed by atoms with E-state index in [1.807, 2.05) is 42.5 Å². The maximum Gasteiger partial charge on any atom is 0.343 e. The van der Waals surface area contributed by atoms with Crippen LogP contribution in [0.4, 0.5) is 0 Å². The zero-order valence-electron chi connectivity index (χ0n) is 13.7. The van der Waals surface area contributed by atoms with Gasteiger partial charge in [-0.05, 0) is 28.5 Å². The summed E-state index contributed by atoms with van der Waals surface area (Å²) in [6.45, 7) is 0. The molecular formula is C21H16O4. The van der Waals surface area contributed by atoms with E-state index in [0.29, 0.717) is 17.6 Å². The van der Waals surface area contributed by atoms with Gasteiger partial charge in [-0.2, -0.15) is 0 Å². The second-order valence-corrected chi connectivity index (χ2v) is 5.87. The van der Waals surface area contributed by atoms with E-state index in [0.717, 1.165) is 16.3 Å². The molecule has 0 aliphatic carbocycles. The van der Waals surface area contributed by atoms with Gasteiger partial charge in [0, 0.05) is 6.42 Å². The van der Waals surface area contributed by atoms with Crippen LogP contribution in [-0.4, -0.2) is 12.2 Å². The van der Waals surface area contributed by atoms with Crippen molar-refractivity contribution in [3.8, 4) is 11.5 Å².